The van der Waals surface area contributed by atoms with E-state index in [4.69, 9.17) is 41.5 Å². The minimum Gasteiger partial charge on any atom is -0.256 e. The predicted molar refractivity (Wildman–Crippen MR) is 511 cm³/mol. The first kappa shape index (κ1) is 82.8. The summed E-state index contributed by atoms with van der Waals surface area (Å²) >= 11 is 0. The molecule has 11 aromatic carbocycles. The van der Waals surface area contributed by atoms with E-state index in [9.17, 15) is 0 Å². The molecule has 0 N–H and O–H groups in total. The monoisotopic (exact) mass is 1610 g/mol. The molecule has 19 aromatic rings. The van der Waals surface area contributed by atoms with Gasteiger partial charge in [-0.1, -0.05) is 360 Å². The number of rotatable bonds is 19. The molecule has 0 aliphatic carbocycles. The molecule has 0 saturated carbocycles. The largest absolute Gasteiger partial charge is 0.256 e. The summed E-state index contributed by atoms with van der Waals surface area (Å²) in [7, 11) is 0. The molecule has 0 saturated heterocycles. The van der Waals surface area contributed by atoms with Gasteiger partial charge in [-0.25, -0.2) is 24.5 Å². The number of pyridine rings is 7. The molecule has 604 valence electrons. The van der Waals surface area contributed by atoms with Gasteiger partial charge in [-0.15, -0.1) is 0 Å². The molecule has 19 rings (SSSR count). The van der Waals surface area contributed by atoms with Crippen LogP contribution in [-0.4, -0.2) is 44.7 Å². The van der Waals surface area contributed by atoms with Crippen molar-refractivity contribution in [3.63, 3.8) is 0 Å². The Hall–Kier alpha value is -15.8. The van der Waals surface area contributed by atoms with Crippen LogP contribution in [0.3, 0.4) is 0 Å². The molecule has 0 fully saturated rings. The molecule has 8 heterocycles. The summed E-state index contributed by atoms with van der Waals surface area (Å²) in [6, 6.07) is 154. The zero-order chi connectivity index (χ0) is 85.8. The molecule has 0 aliphatic heterocycles. The fraction of sp³-hybridized carbons (Fsp3) is 0.0870. The molecule has 0 spiro atoms. The Morgan fingerprint density at radius 1 is 0.224 bits per heavy atom. The number of hydrogen-bond acceptors (Lipinski definition) is 8. The molecule has 0 bridgehead atoms. The zero-order valence-electron chi connectivity index (χ0n) is 70.9. The van der Waals surface area contributed by atoms with Gasteiger partial charge in [-0.3, -0.25) is 19.9 Å². The Morgan fingerprint density at radius 2 is 0.536 bits per heavy atom. The summed E-state index contributed by atoms with van der Waals surface area (Å²) in [5.41, 5.74) is 26.5. The lowest BCUT2D eigenvalue weighted by molar-refractivity contribution is 0.565. The van der Waals surface area contributed by atoms with Crippen molar-refractivity contribution in [1.82, 2.24) is 44.7 Å². The molecule has 0 radical (unpaired) electrons. The molecule has 0 atom stereocenters. The van der Waals surface area contributed by atoms with Crippen LogP contribution in [-0.2, 0) is 21.7 Å². The minimum atomic E-state index is -0.599. The van der Waals surface area contributed by atoms with Crippen LogP contribution >= 0.6 is 0 Å². The van der Waals surface area contributed by atoms with Crippen molar-refractivity contribution in [3.05, 3.63) is 529 Å². The first-order valence-corrected chi connectivity index (χ1v) is 42.1. The minimum absolute atomic E-state index is 0.174. The van der Waals surface area contributed by atoms with Crippen LogP contribution in [0, 0.1) is 6.57 Å². The van der Waals surface area contributed by atoms with E-state index in [1.165, 1.54) is 33.4 Å². The van der Waals surface area contributed by atoms with Gasteiger partial charge in [0.15, 0.2) is 11.5 Å². The summed E-state index contributed by atoms with van der Waals surface area (Å²) in [6.45, 7) is 20.3. The van der Waals surface area contributed by atoms with Crippen molar-refractivity contribution in [2.45, 2.75) is 63.2 Å². The summed E-state index contributed by atoms with van der Waals surface area (Å²) < 4.78 is 1.75. The van der Waals surface area contributed by atoms with Gasteiger partial charge in [0.05, 0.1) is 86.0 Å². The third-order valence-electron chi connectivity index (χ3n) is 22.9. The summed E-state index contributed by atoms with van der Waals surface area (Å²) in [4.78, 5) is 38.6. The van der Waals surface area contributed by atoms with Crippen LogP contribution in [0.4, 0.5) is 5.69 Å². The van der Waals surface area contributed by atoms with Crippen molar-refractivity contribution in [2.24, 2.45) is 0 Å². The number of aromatic nitrogens is 9. The van der Waals surface area contributed by atoms with Gasteiger partial charge in [-0.2, -0.15) is 5.10 Å². The maximum Gasteiger partial charge on any atom is 0.187 e. The van der Waals surface area contributed by atoms with E-state index in [1.54, 1.807) is 16.9 Å². The lowest BCUT2D eigenvalue weighted by Gasteiger charge is -2.36. The van der Waals surface area contributed by atoms with Crippen molar-refractivity contribution in [1.29, 1.82) is 0 Å². The maximum absolute atomic E-state index is 7.23. The third kappa shape index (κ3) is 18.9. The summed E-state index contributed by atoms with van der Waals surface area (Å²) in [5.74, 6) is 0.775. The van der Waals surface area contributed by atoms with Crippen molar-refractivity contribution < 1.29 is 0 Å². The second-order valence-electron chi connectivity index (χ2n) is 32.1. The van der Waals surface area contributed by atoms with Crippen LogP contribution in [0.25, 0.3) is 101 Å². The Labute approximate surface area is 733 Å². The number of nitrogens with zero attached hydrogens (tertiary/aromatic N) is 10. The van der Waals surface area contributed by atoms with E-state index in [2.05, 4.69) is 373 Å². The van der Waals surface area contributed by atoms with E-state index >= 15 is 0 Å². The molecule has 8 aromatic heterocycles. The Morgan fingerprint density at radius 3 is 0.984 bits per heavy atom. The molecule has 125 heavy (non-hydrogen) atoms. The van der Waals surface area contributed by atoms with Gasteiger partial charge in [0.25, 0.3) is 0 Å². The van der Waals surface area contributed by atoms with Crippen LogP contribution < -0.4 is 0 Å². The average Bonchev–Trinajstić information content (AvgIpc) is 0.801. The van der Waals surface area contributed by atoms with Crippen molar-refractivity contribution in [3.8, 4) is 95.7 Å². The zero-order valence-corrected chi connectivity index (χ0v) is 70.9. The van der Waals surface area contributed by atoms with Gasteiger partial charge in [0, 0.05) is 62.0 Å². The van der Waals surface area contributed by atoms with E-state index in [0.717, 1.165) is 119 Å². The quantitative estimate of drug-likeness (QED) is 0.0581. The summed E-state index contributed by atoms with van der Waals surface area (Å²) in [5, 5.41) is 4.27. The van der Waals surface area contributed by atoms with Crippen LogP contribution in [0.5, 0.6) is 0 Å². The molecule has 0 unspecified atom stereocenters. The van der Waals surface area contributed by atoms with E-state index in [1.807, 2.05) is 128 Å². The summed E-state index contributed by atoms with van der Waals surface area (Å²) in [6.07, 6.45) is 3.62. The molecule has 10 nitrogen and oxygen atoms in total. The number of hydrogen-bond donors (Lipinski definition) is 0. The Kier molecular flexibility index (Phi) is 25.4. The van der Waals surface area contributed by atoms with E-state index < -0.39 is 10.8 Å². The van der Waals surface area contributed by atoms with Gasteiger partial charge in [-0.05, 0) is 170 Å². The van der Waals surface area contributed by atoms with Crippen molar-refractivity contribution in [2.75, 3.05) is 0 Å². The van der Waals surface area contributed by atoms with Gasteiger partial charge in [0.2, 0.25) is 0 Å². The second kappa shape index (κ2) is 38.3. The van der Waals surface area contributed by atoms with E-state index in [-0.39, 0.29) is 10.8 Å². The Bertz CT molecular complexity index is 6570. The van der Waals surface area contributed by atoms with Gasteiger partial charge in [0.1, 0.15) is 0 Å². The van der Waals surface area contributed by atoms with Gasteiger partial charge < -0.3 is 0 Å². The topological polar surface area (TPSA) is 112 Å². The number of benzene rings is 11. The highest BCUT2D eigenvalue weighted by Crippen LogP contribution is 2.47. The molecule has 10 heteroatoms. The third-order valence-corrected chi connectivity index (χ3v) is 22.9. The Balaban J connectivity index is 0.000000124. The first-order valence-electron chi connectivity index (χ1n) is 42.1. The highest BCUT2D eigenvalue weighted by molar-refractivity contribution is 5.82. The lowest BCUT2D eigenvalue weighted by Crippen LogP contribution is -2.32. The smallest absolute Gasteiger partial charge is 0.187 e. The SMILES string of the molecule is CC(C)(c1ccccc1)c1cccc(C(C)(C)c2cccc(-c3ccccc3)n2)n1.[C-]#[N+]c1cccc(-c2cccc(C(C)(C)c3cccc(-n4cccn4)n3)n2)c1.c1ccc(-c2cccc(-c3ccccc3-c3cccc(-c4ccccc4)n3)n2)cc1.c1ccc(-c2cccc(C(c3ccccc3)(c3ccccc3)c3cccc(-c4ccccc4)n3)c2)cc1. The average molecular weight is 1620 g/mol. The fourth-order valence-corrected chi connectivity index (χ4v) is 15.9. The lowest BCUT2D eigenvalue weighted by atomic mass is 9.66. The molecule has 0 amide bonds. The normalized spacial score (nSPS) is 11.3. The van der Waals surface area contributed by atoms with Crippen LogP contribution in [0.2, 0.25) is 0 Å². The second-order valence-corrected chi connectivity index (χ2v) is 32.1. The van der Waals surface area contributed by atoms with Crippen molar-refractivity contribution >= 4 is 5.69 Å². The molecule has 0 aliphatic rings. The predicted octanol–water partition coefficient (Wildman–Crippen LogP) is 27.9. The van der Waals surface area contributed by atoms with Crippen LogP contribution in [0.1, 0.15) is 98.0 Å². The standard InChI is InChI=1S/C36H27N.C28H20N2.C28H28N2.C23H19N5/c1-5-15-28(16-6-1)30-19-13-24-33(27-30)36(31-20-9-3-10-21-31,32-22-11-4-12-23-32)35-26-14-25-34(37-35)29-17-7-2-8-18-29;1-3-11-21(12-4-1)25-17-9-19-27(29-25)23-15-7-8-16-24(23)28-20-10-18-26(30-28)22-13-5-2-6-14-22;1-27(2,22-15-9-6-10-16-22)24-19-12-20-26(30-24)28(3,4)25-18-11-17-23(29-25)21-13-7-5-8-14-21;1-23(2,21-12-6-13-22(27-21)28-15-7-14-25-28)20-11-5-10-19(26-20)17-8-4-9-18(16-17)24-3/h1-27H;1-20H;5-20H,1-4H3;4-16H,1-2H3. The molecular weight excluding hydrogens is 1520 g/mol. The molecular formula is C115H94N10. The van der Waals surface area contributed by atoms with E-state index in [0.29, 0.717) is 5.69 Å². The first-order chi connectivity index (χ1) is 61.2. The highest BCUT2D eigenvalue weighted by Gasteiger charge is 2.40. The highest BCUT2D eigenvalue weighted by atomic mass is 15.3. The fourth-order valence-electron chi connectivity index (χ4n) is 15.9. The van der Waals surface area contributed by atoms with Gasteiger partial charge >= 0.3 is 0 Å². The van der Waals surface area contributed by atoms with Crippen LogP contribution in [0.15, 0.2) is 461 Å². The maximum atomic E-state index is 7.23.